The maximum absolute atomic E-state index is 13.0. The van der Waals surface area contributed by atoms with Gasteiger partial charge in [-0.3, -0.25) is 9.69 Å². The molecule has 0 unspecified atom stereocenters. The molecule has 0 aliphatic carbocycles. The van der Waals surface area contributed by atoms with Gasteiger partial charge in [-0.25, -0.2) is 0 Å². The highest BCUT2D eigenvalue weighted by Crippen LogP contribution is 2.14. The summed E-state index contributed by atoms with van der Waals surface area (Å²) in [6.07, 6.45) is 0.187. The summed E-state index contributed by atoms with van der Waals surface area (Å²) in [6, 6.07) is 19.5. The predicted molar refractivity (Wildman–Crippen MR) is 120 cm³/mol. The van der Waals surface area contributed by atoms with Gasteiger partial charge in [-0.1, -0.05) is 62.4 Å². The Kier molecular flexibility index (Phi) is 8.43. The number of hydrogen-bond donors (Lipinski definition) is 1. The van der Waals surface area contributed by atoms with Crippen LogP contribution in [-0.4, -0.2) is 72.4 Å². The van der Waals surface area contributed by atoms with Gasteiger partial charge in [0.05, 0.1) is 18.8 Å². The van der Waals surface area contributed by atoms with Crippen LogP contribution in [0.4, 0.5) is 0 Å². The number of β-amino-alcohol motifs (C(OH)–C–C–N with tert-alkyl or cyclic N) is 1. The second kappa shape index (κ2) is 11.3. The molecule has 0 radical (unpaired) electrons. The lowest BCUT2D eigenvalue weighted by Gasteiger charge is -2.37. The molecule has 1 heterocycles. The lowest BCUT2D eigenvalue weighted by atomic mass is 10.1. The molecule has 2 atom stereocenters. The number of morpholine rings is 1. The van der Waals surface area contributed by atoms with Gasteiger partial charge in [-0.15, -0.1) is 0 Å². The molecule has 2 aromatic rings. The third kappa shape index (κ3) is 6.94. The van der Waals surface area contributed by atoms with Crippen molar-refractivity contribution in [3.8, 4) is 0 Å². The molecule has 1 saturated heterocycles. The van der Waals surface area contributed by atoms with E-state index in [2.05, 4.69) is 18.7 Å². The van der Waals surface area contributed by atoms with Gasteiger partial charge in [-0.2, -0.15) is 0 Å². The van der Waals surface area contributed by atoms with E-state index >= 15 is 0 Å². The second-order valence-electron chi connectivity index (χ2n) is 8.57. The van der Waals surface area contributed by atoms with Crippen molar-refractivity contribution in [2.75, 3.05) is 39.3 Å². The zero-order valence-electron chi connectivity index (χ0n) is 18.1. The summed E-state index contributed by atoms with van der Waals surface area (Å²) in [6.45, 7) is 8.28. The maximum atomic E-state index is 13.0. The fourth-order valence-electron chi connectivity index (χ4n) is 4.00. The predicted octanol–water partition coefficient (Wildman–Crippen LogP) is 3.09. The number of benzene rings is 2. The zero-order valence-corrected chi connectivity index (χ0v) is 18.1. The van der Waals surface area contributed by atoms with E-state index < -0.39 is 6.10 Å². The second-order valence-corrected chi connectivity index (χ2v) is 8.57. The van der Waals surface area contributed by atoms with Crippen molar-refractivity contribution in [2.45, 2.75) is 32.5 Å². The van der Waals surface area contributed by atoms with E-state index in [0.717, 1.165) is 18.7 Å². The van der Waals surface area contributed by atoms with Crippen LogP contribution in [-0.2, 0) is 11.2 Å². The number of ether oxygens (including phenoxy) is 1. The number of amides is 1. The normalized spacial score (nSPS) is 18.3. The highest BCUT2D eigenvalue weighted by molar-refractivity contribution is 5.94. The van der Waals surface area contributed by atoms with E-state index in [9.17, 15) is 9.90 Å². The van der Waals surface area contributed by atoms with Gasteiger partial charge in [0.25, 0.3) is 5.91 Å². The first-order chi connectivity index (χ1) is 14.5. The minimum atomic E-state index is -0.413. The highest BCUT2D eigenvalue weighted by Gasteiger charge is 2.27. The Morgan fingerprint density at radius 1 is 1.13 bits per heavy atom. The molecular formula is C25H34N2O3. The van der Waals surface area contributed by atoms with Gasteiger partial charge in [0.2, 0.25) is 0 Å². The van der Waals surface area contributed by atoms with Crippen molar-refractivity contribution in [3.05, 3.63) is 71.8 Å². The average molecular weight is 411 g/mol. The summed E-state index contributed by atoms with van der Waals surface area (Å²) in [4.78, 5) is 17.2. The van der Waals surface area contributed by atoms with Gasteiger partial charge in [0.15, 0.2) is 0 Å². The first-order valence-corrected chi connectivity index (χ1v) is 10.9. The Bertz CT molecular complexity index is 766. The fraction of sp³-hybridized carbons (Fsp3) is 0.480. The quantitative estimate of drug-likeness (QED) is 0.690. The van der Waals surface area contributed by atoms with Gasteiger partial charge in [-0.05, 0) is 30.0 Å². The summed E-state index contributed by atoms with van der Waals surface area (Å²) in [5.41, 5.74) is 1.86. The first kappa shape index (κ1) is 22.5. The molecule has 1 aliphatic heterocycles. The number of carbonyl (C=O) groups excluding carboxylic acids is 1. The first-order valence-electron chi connectivity index (χ1n) is 10.9. The lowest BCUT2D eigenvalue weighted by Crippen LogP contribution is -2.51. The number of rotatable bonds is 9. The monoisotopic (exact) mass is 410 g/mol. The highest BCUT2D eigenvalue weighted by atomic mass is 16.5. The Morgan fingerprint density at radius 3 is 2.47 bits per heavy atom. The molecule has 5 heteroatoms. The molecule has 1 N–H and O–H groups in total. The molecule has 162 valence electrons. The van der Waals surface area contributed by atoms with E-state index in [1.54, 1.807) is 0 Å². The zero-order chi connectivity index (χ0) is 21.3. The number of hydrogen-bond acceptors (Lipinski definition) is 4. The van der Waals surface area contributed by atoms with Crippen molar-refractivity contribution in [3.63, 3.8) is 0 Å². The van der Waals surface area contributed by atoms with Crippen molar-refractivity contribution < 1.29 is 14.6 Å². The molecule has 5 nitrogen and oxygen atoms in total. The Balaban J connectivity index is 1.56. The van der Waals surface area contributed by atoms with Crippen LogP contribution in [0.1, 0.15) is 29.8 Å². The third-order valence-electron chi connectivity index (χ3n) is 5.32. The number of carbonyl (C=O) groups is 1. The molecular weight excluding hydrogens is 376 g/mol. The molecule has 1 fully saturated rings. The van der Waals surface area contributed by atoms with Crippen molar-refractivity contribution in [1.82, 2.24) is 9.80 Å². The van der Waals surface area contributed by atoms with E-state index in [1.165, 1.54) is 0 Å². The van der Waals surface area contributed by atoms with E-state index in [0.29, 0.717) is 44.1 Å². The molecule has 0 spiro atoms. The lowest BCUT2D eigenvalue weighted by molar-refractivity contribution is -0.0510. The van der Waals surface area contributed by atoms with Crippen LogP contribution in [0.15, 0.2) is 60.7 Å². The Hall–Kier alpha value is -2.21. The summed E-state index contributed by atoms with van der Waals surface area (Å²) in [5, 5.41) is 10.5. The summed E-state index contributed by atoms with van der Waals surface area (Å²) in [5.74, 6) is 0.430. The van der Waals surface area contributed by atoms with Crippen LogP contribution >= 0.6 is 0 Å². The summed E-state index contributed by atoms with van der Waals surface area (Å²) >= 11 is 0. The standard InChI is InChI=1S/C25H34N2O3/c1-20(2)16-27(25(29)22-11-7-4-8-12-22)19-24-18-26(13-14-30-24)17-23(28)15-21-9-5-3-6-10-21/h3-12,20,23-24,28H,13-19H2,1-2H3/t23-,24-/m0/s1. The average Bonchev–Trinajstić information content (AvgIpc) is 2.74. The van der Waals surface area contributed by atoms with E-state index in [1.807, 2.05) is 65.6 Å². The minimum absolute atomic E-state index is 0.0471. The maximum Gasteiger partial charge on any atom is 0.253 e. The van der Waals surface area contributed by atoms with Crippen molar-refractivity contribution >= 4 is 5.91 Å². The fourth-order valence-corrected chi connectivity index (χ4v) is 4.00. The molecule has 0 bridgehead atoms. The molecule has 1 aliphatic rings. The van der Waals surface area contributed by atoms with E-state index in [4.69, 9.17) is 4.74 Å². The number of aliphatic hydroxyl groups is 1. The SMILES string of the molecule is CC(C)CN(C[C@@H]1CN(C[C@@H](O)Cc2ccccc2)CCO1)C(=O)c1ccccc1. The third-order valence-corrected chi connectivity index (χ3v) is 5.32. The van der Waals surface area contributed by atoms with Crippen LogP contribution in [0.3, 0.4) is 0 Å². The van der Waals surface area contributed by atoms with Gasteiger partial charge >= 0.3 is 0 Å². The van der Waals surface area contributed by atoms with Crippen molar-refractivity contribution in [1.29, 1.82) is 0 Å². The molecule has 0 saturated carbocycles. The Labute approximate surface area is 180 Å². The molecule has 3 rings (SSSR count). The minimum Gasteiger partial charge on any atom is -0.391 e. The number of nitrogens with zero attached hydrogens (tertiary/aromatic N) is 2. The topological polar surface area (TPSA) is 53.0 Å². The summed E-state index contributed by atoms with van der Waals surface area (Å²) < 4.78 is 5.99. The summed E-state index contributed by atoms with van der Waals surface area (Å²) in [7, 11) is 0. The molecule has 2 aromatic carbocycles. The Morgan fingerprint density at radius 2 is 1.80 bits per heavy atom. The van der Waals surface area contributed by atoms with Crippen LogP contribution in [0, 0.1) is 5.92 Å². The van der Waals surface area contributed by atoms with Crippen LogP contribution in [0.5, 0.6) is 0 Å². The van der Waals surface area contributed by atoms with Crippen LogP contribution < -0.4 is 0 Å². The van der Waals surface area contributed by atoms with Crippen molar-refractivity contribution in [2.24, 2.45) is 5.92 Å². The van der Waals surface area contributed by atoms with E-state index in [-0.39, 0.29) is 12.0 Å². The van der Waals surface area contributed by atoms with Gasteiger partial charge < -0.3 is 14.7 Å². The molecule has 1 amide bonds. The number of aliphatic hydroxyl groups excluding tert-OH is 1. The molecule has 0 aromatic heterocycles. The largest absolute Gasteiger partial charge is 0.391 e. The smallest absolute Gasteiger partial charge is 0.253 e. The van der Waals surface area contributed by atoms with Gasteiger partial charge in [0.1, 0.15) is 0 Å². The van der Waals surface area contributed by atoms with Crippen LogP contribution in [0.2, 0.25) is 0 Å². The van der Waals surface area contributed by atoms with Gasteiger partial charge in [0, 0.05) is 38.3 Å². The van der Waals surface area contributed by atoms with Crippen LogP contribution in [0.25, 0.3) is 0 Å². The molecule has 30 heavy (non-hydrogen) atoms.